The molecule has 1 aliphatic heterocycles. The van der Waals surface area contributed by atoms with E-state index in [2.05, 4.69) is 0 Å². The first kappa shape index (κ1) is 12.8. The number of carboxylic acids is 1. The molecule has 0 bridgehead atoms. The second kappa shape index (κ2) is 4.53. The smallest absolute Gasteiger partial charge is 0.314 e. The van der Waals surface area contributed by atoms with Gasteiger partial charge in [0.25, 0.3) is 0 Å². The van der Waals surface area contributed by atoms with Gasteiger partial charge in [0.05, 0.1) is 11.1 Å². The Morgan fingerprint density at radius 2 is 1.94 bits per heavy atom. The molecule has 0 amide bonds. The lowest BCUT2D eigenvalue weighted by Gasteiger charge is -2.34. The number of hydrogen-bond acceptors (Lipinski definition) is 3. The van der Waals surface area contributed by atoms with Crippen molar-refractivity contribution in [2.75, 3.05) is 18.9 Å². The number of nitrogens with two attached hydrogens (primary N) is 1. The van der Waals surface area contributed by atoms with Crippen molar-refractivity contribution < 1.29 is 23.4 Å². The number of halogens is 2. The molecule has 1 aliphatic rings. The molecular formula is C12H13F2NO3. The monoisotopic (exact) mass is 257 g/mol. The minimum atomic E-state index is -1.37. The Bertz CT molecular complexity index is 484. The van der Waals surface area contributed by atoms with Crippen molar-refractivity contribution in [3.63, 3.8) is 0 Å². The number of hydrogen-bond donors (Lipinski definition) is 2. The fraction of sp³-hybridized carbons (Fsp3) is 0.417. The van der Waals surface area contributed by atoms with E-state index in [-0.39, 0.29) is 37.3 Å². The van der Waals surface area contributed by atoms with Gasteiger partial charge in [0.1, 0.15) is 11.6 Å². The Morgan fingerprint density at radius 3 is 2.50 bits per heavy atom. The number of ether oxygens (including phenoxy) is 1. The molecule has 6 heteroatoms. The molecule has 0 aromatic heterocycles. The van der Waals surface area contributed by atoms with Crippen LogP contribution in [-0.2, 0) is 14.9 Å². The number of nitrogen functional groups attached to an aromatic ring is 1. The van der Waals surface area contributed by atoms with Gasteiger partial charge in [0.2, 0.25) is 0 Å². The zero-order chi connectivity index (χ0) is 13.3. The van der Waals surface area contributed by atoms with Crippen LogP contribution in [-0.4, -0.2) is 24.3 Å². The molecule has 1 saturated heterocycles. The summed E-state index contributed by atoms with van der Waals surface area (Å²) in [6.07, 6.45) is 0.296. The molecule has 98 valence electrons. The van der Waals surface area contributed by atoms with Gasteiger partial charge < -0.3 is 15.6 Å². The summed E-state index contributed by atoms with van der Waals surface area (Å²) in [7, 11) is 0. The molecule has 0 radical (unpaired) electrons. The van der Waals surface area contributed by atoms with Crippen LogP contribution in [0.2, 0.25) is 0 Å². The van der Waals surface area contributed by atoms with Gasteiger partial charge >= 0.3 is 5.97 Å². The zero-order valence-electron chi connectivity index (χ0n) is 9.58. The zero-order valence-corrected chi connectivity index (χ0v) is 9.58. The van der Waals surface area contributed by atoms with Crippen molar-refractivity contribution in [3.05, 3.63) is 29.3 Å². The lowest BCUT2D eigenvalue weighted by Crippen LogP contribution is -2.42. The second-order valence-electron chi connectivity index (χ2n) is 4.35. The minimum Gasteiger partial charge on any atom is -0.481 e. The first-order valence-electron chi connectivity index (χ1n) is 5.53. The van der Waals surface area contributed by atoms with Crippen molar-refractivity contribution in [2.45, 2.75) is 18.3 Å². The molecule has 4 nitrogen and oxygen atoms in total. The van der Waals surface area contributed by atoms with Gasteiger partial charge in [-0.3, -0.25) is 4.79 Å². The average Bonchev–Trinajstić information content (AvgIpc) is 2.34. The predicted molar refractivity (Wildman–Crippen MR) is 60.1 cm³/mol. The molecule has 1 aromatic carbocycles. The van der Waals surface area contributed by atoms with Gasteiger partial charge in [-0.1, -0.05) is 0 Å². The molecule has 3 N–H and O–H groups in total. The highest BCUT2D eigenvalue weighted by atomic mass is 19.1. The summed E-state index contributed by atoms with van der Waals surface area (Å²) in [5.41, 5.74) is 3.88. The number of anilines is 1. The van der Waals surface area contributed by atoms with Crippen LogP contribution in [0, 0.1) is 11.6 Å². The maximum Gasteiger partial charge on any atom is 0.314 e. The summed E-state index contributed by atoms with van der Waals surface area (Å²) >= 11 is 0. The van der Waals surface area contributed by atoms with Crippen molar-refractivity contribution in [1.82, 2.24) is 0 Å². The highest BCUT2D eigenvalue weighted by Gasteiger charge is 2.44. The molecular weight excluding hydrogens is 244 g/mol. The van der Waals surface area contributed by atoms with E-state index in [9.17, 15) is 18.7 Å². The lowest BCUT2D eigenvalue weighted by atomic mass is 9.73. The van der Waals surface area contributed by atoms with Gasteiger partial charge in [-0.15, -0.1) is 0 Å². The van der Waals surface area contributed by atoms with E-state index in [4.69, 9.17) is 10.5 Å². The van der Waals surface area contributed by atoms with E-state index < -0.39 is 23.0 Å². The molecule has 0 unspecified atom stereocenters. The number of aliphatic carboxylic acids is 1. The van der Waals surface area contributed by atoms with E-state index in [1.165, 1.54) is 0 Å². The van der Waals surface area contributed by atoms with Crippen LogP contribution in [0.25, 0.3) is 0 Å². The van der Waals surface area contributed by atoms with Crippen LogP contribution < -0.4 is 5.73 Å². The third kappa shape index (κ3) is 1.92. The fourth-order valence-electron chi connectivity index (χ4n) is 2.30. The van der Waals surface area contributed by atoms with Gasteiger partial charge in [-0.2, -0.15) is 0 Å². The molecule has 1 heterocycles. The van der Waals surface area contributed by atoms with E-state index in [0.717, 1.165) is 6.07 Å². The minimum absolute atomic E-state index is 0.00389. The highest BCUT2D eigenvalue weighted by Crippen LogP contribution is 2.39. The average molecular weight is 257 g/mol. The van der Waals surface area contributed by atoms with Crippen LogP contribution in [0.5, 0.6) is 0 Å². The maximum absolute atomic E-state index is 13.4. The van der Waals surface area contributed by atoms with Crippen molar-refractivity contribution in [3.8, 4) is 0 Å². The van der Waals surface area contributed by atoms with Crippen molar-refractivity contribution >= 4 is 11.7 Å². The molecule has 2 rings (SSSR count). The Labute approximate surface area is 102 Å². The summed E-state index contributed by atoms with van der Waals surface area (Å²) in [6, 6.07) is 1.64. The first-order valence-corrected chi connectivity index (χ1v) is 5.53. The first-order chi connectivity index (χ1) is 8.47. The Balaban J connectivity index is 2.59. The maximum atomic E-state index is 13.4. The van der Waals surface area contributed by atoms with Crippen LogP contribution in [0.1, 0.15) is 18.4 Å². The highest BCUT2D eigenvalue weighted by molar-refractivity contribution is 5.84. The van der Waals surface area contributed by atoms with E-state index in [1.807, 2.05) is 0 Å². The quantitative estimate of drug-likeness (QED) is 0.791. The van der Waals surface area contributed by atoms with Crippen LogP contribution in [0.3, 0.4) is 0 Å². The molecule has 18 heavy (non-hydrogen) atoms. The van der Waals surface area contributed by atoms with Gasteiger partial charge in [0, 0.05) is 19.3 Å². The van der Waals surface area contributed by atoms with Gasteiger partial charge in [-0.05, 0) is 24.5 Å². The molecule has 0 aliphatic carbocycles. The Morgan fingerprint density at radius 1 is 1.33 bits per heavy atom. The van der Waals surface area contributed by atoms with Gasteiger partial charge in [-0.25, -0.2) is 8.78 Å². The summed E-state index contributed by atoms with van der Waals surface area (Å²) < 4.78 is 31.8. The topological polar surface area (TPSA) is 72.6 Å². The third-order valence-electron chi connectivity index (χ3n) is 3.37. The van der Waals surface area contributed by atoms with Crippen molar-refractivity contribution in [1.29, 1.82) is 0 Å². The summed E-state index contributed by atoms with van der Waals surface area (Å²) in [5, 5.41) is 9.39. The van der Waals surface area contributed by atoms with E-state index >= 15 is 0 Å². The number of benzene rings is 1. The summed E-state index contributed by atoms with van der Waals surface area (Å²) in [4.78, 5) is 11.5. The lowest BCUT2D eigenvalue weighted by molar-refractivity contribution is -0.147. The molecule has 1 aromatic rings. The number of rotatable bonds is 2. The Hall–Kier alpha value is -1.69. The Kier molecular flexibility index (Phi) is 3.21. The SMILES string of the molecule is Nc1c(F)cc(F)cc1C1(C(=O)O)CCOCC1. The standard InChI is InChI=1S/C12H13F2NO3/c13-7-5-8(10(15)9(14)6-7)12(11(16)17)1-3-18-4-2-12/h5-6H,1-4,15H2,(H,16,17). The summed E-state index contributed by atoms with van der Waals surface area (Å²) in [5.74, 6) is -2.90. The van der Waals surface area contributed by atoms with Crippen molar-refractivity contribution in [2.24, 2.45) is 0 Å². The van der Waals surface area contributed by atoms with Crippen LogP contribution in [0.15, 0.2) is 12.1 Å². The van der Waals surface area contributed by atoms with Crippen LogP contribution >= 0.6 is 0 Å². The molecule has 0 atom stereocenters. The molecule has 0 saturated carbocycles. The van der Waals surface area contributed by atoms with E-state index in [0.29, 0.717) is 6.07 Å². The molecule has 0 spiro atoms. The summed E-state index contributed by atoms with van der Waals surface area (Å²) in [6.45, 7) is 0.452. The normalized spacial score (nSPS) is 18.6. The second-order valence-corrected chi connectivity index (χ2v) is 4.35. The number of carboxylic acid groups (broad SMARTS) is 1. The van der Waals surface area contributed by atoms with Gasteiger partial charge in [0.15, 0.2) is 0 Å². The van der Waals surface area contributed by atoms with E-state index in [1.54, 1.807) is 0 Å². The largest absolute Gasteiger partial charge is 0.481 e. The third-order valence-corrected chi connectivity index (χ3v) is 3.37. The number of carbonyl (C=O) groups is 1. The predicted octanol–water partition coefficient (Wildman–Crippen LogP) is 1.68. The molecule has 1 fully saturated rings. The van der Waals surface area contributed by atoms with Crippen LogP contribution in [0.4, 0.5) is 14.5 Å². The fourth-order valence-corrected chi connectivity index (χ4v) is 2.30.